The van der Waals surface area contributed by atoms with E-state index in [1.165, 1.54) is 13.4 Å². The Labute approximate surface area is 153 Å². The van der Waals surface area contributed by atoms with Crippen LogP contribution in [0.15, 0.2) is 28.9 Å². The van der Waals surface area contributed by atoms with Crippen LogP contribution in [0.1, 0.15) is 29.2 Å². The Bertz CT molecular complexity index is 784. The molecule has 1 heterocycles. The summed E-state index contributed by atoms with van der Waals surface area (Å²) < 4.78 is 9.84. The summed E-state index contributed by atoms with van der Waals surface area (Å²) in [5.74, 6) is -0.354. The Hall–Kier alpha value is -2.25. The maximum atomic E-state index is 12.6. The van der Waals surface area contributed by atoms with Gasteiger partial charge in [-0.3, -0.25) is 0 Å². The van der Waals surface area contributed by atoms with E-state index in [0.717, 1.165) is 12.8 Å². The minimum atomic E-state index is -0.597. The van der Waals surface area contributed by atoms with Gasteiger partial charge in [0.1, 0.15) is 6.26 Å². The lowest BCUT2D eigenvalue weighted by molar-refractivity contribution is 0.0594. The zero-order chi connectivity index (χ0) is 18.0. The van der Waals surface area contributed by atoms with Crippen LogP contribution in [0.25, 0.3) is 0 Å². The van der Waals surface area contributed by atoms with Gasteiger partial charge in [0, 0.05) is 6.04 Å². The molecule has 1 aliphatic carbocycles. The Balaban J connectivity index is 1.74. The number of amides is 2. The number of esters is 1. The first-order chi connectivity index (χ1) is 12.0. The predicted molar refractivity (Wildman–Crippen MR) is 91.9 cm³/mol. The minimum absolute atomic E-state index is 0.0582. The summed E-state index contributed by atoms with van der Waals surface area (Å²) in [6, 6.07) is 4.69. The van der Waals surface area contributed by atoms with E-state index in [4.69, 9.17) is 27.6 Å². The van der Waals surface area contributed by atoms with Crippen molar-refractivity contribution in [2.24, 2.45) is 0 Å². The van der Waals surface area contributed by atoms with Gasteiger partial charge in [-0.05, 0) is 25.0 Å². The number of halogens is 2. The highest BCUT2D eigenvalue weighted by Crippen LogP contribution is 2.32. The predicted octanol–water partition coefficient (Wildman–Crippen LogP) is 3.96. The van der Waals surface area contributed by atoms with E-state index < -0.39 is 5.97 Å². The molecule has 0 spiro atoms. The van der Waals surface area contributed by atoms with E-state index in [1.807, 2.05) is 0 Å². The molecule has 25 heavy (non-hydrogen) atoms. The monoisotopic (exact) mass is 383 g/mol. The zero-order valence-electron chi connectivity index (χ0n) is 13.3. The number of nitrogens with one attached hydrogen (secondary N) is 1. The Morgan fingerprint density at radius 1 is 1.36 bits per heavy atom. The molecule has 1 aromatic carbocycles. The quantitative estimate of drug-likeness (QED) is 0.789. The molecule has 3 rings (SSSR count). The summed E-state index contributed by atoms with van der Waals surface area (Å²) >= 11 is 12.2. The van der Waals surface area contributed by atoms with Crippen LogP contribution in [-0.4, -0.2) is 35.0 Å². The molecule has 1 saturated carbocycles. The first-order valence-electron chi connectivity index (χ1n) is 7.54. The van der Waals surface area contributed by atoms with Crippen LogP contribution in [0.3, 0.4) is 0 Å². The first kappa shape index (κ1) is 17.6. The van der Waals surface area contributed by atoms with Crippen molar-refractivity contribution in [3.63, 3.8) is 0 Å². The number of para-hydroxylation sites is 1. The van der Waals surface area contributed by atoms with Gasteiger partial charge in [0.25, 0.3) is 0 Å². The van der Waals surface area contributed by atoms with Crippen LogP contribution in [0.5, 0.6) is 0 Å². The number of carbonyl (C=O) groups excluding carboxylic acids is 2. The summed E-state index contributed by atoms with van der Waals surface area (Å²) in [5.41, 5.74) is 0.409. The maximum Gasteiger partial charge on any atom is 0.360 e. The summed E-state index contributed by atoms with van der Waals surface area (Å²) in [6.45, 7) is 0.121. The average molecular weight is 384 g/mol. The van der Waals surface area contributed by atoms with Crippen LogP contribution in [0.4, 0.5) is 10.5 Å². The van der Waals surface area contributed by atoms with E-state index in [-0.39, 0.29) is 30.2 Å². The molecule has 2 amide bonds. The highest BCUT2D eigenvalue weighted by Gasteiger charge is 2.34. The second-order valence-corrected chi connectivity index (χ2v) is 6.32. The first-order valence-corrected chi connectivity index (χ1v) is 8.29. The van der Waals surface area contributed by atoms with Crippen molar-refractivity contribution in [1.82, 2.24) is 9.88 Å². The third-order valence-electron chi connectivity index (χ3n) is 3.70. The molecule has 0 aliphatic heterocycles. The molecule has 9 heteroatoms. The van der Waals surface area contributed by atoms with E-state index >= 15 is 0 Å². The molecule has 1 fully saturated rings. The van der Waals surface area contributed by atoms with E-state index in [1.54, 1.807) is 23.1 Å². The summed E-state index contributed by atoms with van der Waals surface area (Å²) in [5, 5.41) is 3.42. The Morgan fingerprint density at radius 3 is 2.64 bits per heavy atom. The molecular weight excluding hydrogens is 369 g/mol. The van der Waals surface area contributed by atoms with Crippen LogP contribution in [0.2, 0.25) is 10.0 Å². The number of aromatic nitrogens is 1. The molecule has 0 saturated heterocycles. The van der Waals surface area contributed by atoms with Crippen LogP contribution < -0.4 is 5.32 Å². The number of ether oxygens (including phenoxy) is 1. The highest BCUT2D eigenvalue weighted by molar-refractivity contribution is 6.39. The van der Waals surface area contributed by atoms with Crippen LogP contribution in [0, 0.1) is 0 Å². The average Bonchev–Trinajstić information content (AvgIpc) is 3.33. The molecule has 0 unspecified atom stereocenters. The normalized spacial score (nSPS) is 13.4. The second kappa shape index (κ2) is 7.33. The van der Waals surface area contributed by atoms with Crippen molar-refractivity contribution < 1.29 is 18.7 Å². The van der Waals surface area contributed by atoms with Crippen LogP contribution >= 0.6 is 23.2 Å². The number of benzene rings is 1. The fourth-order valence-corrected chi connectivity index (χ4v) is 2.77. The van der Waals surface area contributed by atoms with Gasteiger partial charge in [0.05, 0.1) is 29.4 Å². The van der Waals surface area contributed by atoms with Crippen molar-refractivity contribution in [3.05, 3.63) is 46.1 Å². The molecule has 0 bridgehead atoms. The number of hydrogen-bond acceptors (Lipinski definition) is 5. The van der Waals surface area contributed by atoms with Crippen LogP contribution in [-0.2, 0) is 11.3 Å². The summed E-state index contributed by atoms with van der Waals surface area (Å²) in [7, 11) is 1.26. The third kappa shape index (κ3) is 4.05. The number of rotatable bonds is 5. The largest absolute Gasteiger partial charge is 0.464 e. The second-order valence-electron chi connectivity index (χ2n) is 5.50. The minimum Gasteiger partial charge on any atom is -0.464 e. The third-order valence-corrected chi connectivity index (χ3v) is 4.33. The Kier molecular flexibility index (Phi) is 5.15. The molecule has 2 aromatic rings. The van der Waals surface area contributed by atoms with Crippen molar-refractivity contribution in [1.29, 1.82) is 0 Å². The number of carbonyl (C=O) groups is 2. The van der Waals surface area contributed by atoms with Gasteiger partial charge in [0.2, 0.25) is 5.89 Å². The maximum absolute atomic E-state index is 12.6. The fraction of sp³-hybridized carbons (Fsp3) is 0.312. The van der Waals surface area contributed by atoms with Crippen molar-refractivity contribution in [2.45, 2.75) is 25.4 Å². The molecular formula is C16H15Cl2N3O4. The molecule has 1 aromatic heterocycles. The molecule has 0 radical (unpaired) electrons. The lowest BCUT2D eigenvalue weighted by Gasteiger charge is -2.22. The molecule has 132 valence electrons. The summed E-state index contributed by atoms with van der Waals surface area (Å²) in [4.78, 5) is 29.7. The zero-order valence-corrected chi connectivity index (χ0v) is 14.8. The van der Waals surface area contributed by atoms with Gasteiger partial charge < -0.3 is 19.4 Å². The SMILES string of the molecule is COC(=O)c1coc(CN(C(=O)Nc2c(Cl)cccc2Cl)C2CC2)n1. The number of urea groups is 1. The lowest BCUT2D eigenvalue weighted by Crippen LogP contribution is -2.36. The van der Waals surface area contributed by atoms with Gasteiger partial charge in [-0.25, -0.2) is 14.6 Å². The summed E-state index contributed by atoms with van der Waals surface area (Å²) in [6.07, 6.45) is 2.97. The fourth-order valence-electron chi connectivity index (χ4n) is 2.28. The number of hydrogen-bond donors (Lipinski definition) is 1. The van der Waals surface area contributed by atoms with Crippen molar-refractivity contribution >= 4 is 40.9 Å². The van der Waals surface area contributed by atoms with E-state index in [0.29, 0.717) is 15.7 Å². The van der Waals surface area contributed by atoms with Crippen molar-refractivity contribution in [3.8, 4) is 0 Å². The van der Waals surface area contributed by atoms with Gasteiger partial charge in [-0.15, -0.1) is 0 Å². The van der Waals surface area contributed by atoms with Gasteiger partial charge >= 0.3 is 12.0 Å². The van der Waals surface area contributed by atoms with E-state index in [2.05, 4.69) is 15.0 Å². The lowest BCUT2D eigenvalue weighted by atomic mass is 10.3. The number of methoxy groups -OCH3 is 1. The van der Waals surface area contributed by atoms with Gasteiger partial charge in [-0.1, -0.05) is 29.3 Å². The molecule has 0 atom stereocenters. The molecule has 1 aliphatic rings. The smallest absolute Gasteiger partial charge is 0.360 e. The number of anilines is 1. The number of nitrogens with zero attached hydrogens (tertiary/aromatic N) is 2. The molecule has 1 N–H and O–H groups in total. The van der Waals surface area contributed by atoms with E-state index in [9.17, 15) is 9.59 Å². The standard InChI is InChI=1S/C16H15Cl2N3O4/c1-24-15(22)12-8-25-13(19-12)7-21(9-5-6-9)16(23)20-14-10(17)3-2-4-11(14)18/h2-4,8-9H,5-7H2,1H3,(H,20,23). The van der Waals surface area contributed by atoms with Gasteiger partial charge in [0.15, 0.2) is 5.69 Å². The highest BCUT2D eigenvalue weighted by atomic mass is 35.5. The number of oxazole rings is 1. The van der Waals surface area contributed by atoms with Gasteiger partial charge in [-0.2, -0.15) is 0 Å². The molecule has 7 nitrogen and oxygen atoms in total. The topological polar surface area (TPSA) is 84.7 Å². The Morgan fingerprint density at radius 2 is 2.04 bits per heavy atom. The van der Waals surface area contributed by atoms with Crippen molar-refractivity contribution in [2.75, 3.05) is 12.4 Å².